The molecule has 0 heterocycles. The molecule has 0 aromatic heterocycles. The second-order valence-electron chi connectivity index (χ2n) is 4.50. The van der Waals surface area contributed by atoms with E-state index in [9.17, 15) is 0 Å². The van der Waals surface area contributed by atoms with Gasteiger partial charge in [-0.15, -0.1) is 0 Å². The van der Waals surface area contributed by atoms with Crippen molar-refractivity contribution < 1.29 is 18.9 Å². The lowest BCUT2D eigenvalue weighted by molar-refractivity contribution is 0.0569. The third-order valence-corrected chi connectivity index (χ3v) is 2.71. The lowest BCUT2D eigenvalue weighted by atomic mass is 10.4. The highest BCUT2D eigenvalue weighted by atomic mass is 16.5. The zero-order valence-electron chi connectivity index (χ0n) is 11.5. The van der Waals surface area contributed by atoms with Crippen LogP contribution in [0.5, 0.6) is 0 Å². The Bertz CT molecular complexity index is 218. The minimum atomic E-state index is 0.338. The first-order chi connectivity index (χ1) is 8.84. The van der Waals surface area contributed by atoms with Crippen molar-refractivity contribution in [2.24, 2.45) is 0 Å². The zero-order chi connectivity index (χ0) is 13.1. The molecule has 1 aliphatic carbocycles. The monoisotopic (exact) mass is 258 g/mol. The lowest BCUT2D eigenvalue weighted by Gasteiger charge is -2.06. The van der Waals surface area contributed by atoms with Gasteiger partial charge in [0.2, 0.25) is 0 Å². The Morgan fingerprint density at radius 1 is 0.944 bits per heavy atom. The first-order valence-corrected chi connectivity index (χ1v) is 6.78. The first kappa shape index (κ1) is 15.6. The van der Waals surface area contributed by atoms with E-state index < -0.39 is 0 Å². The van der Waals surface area contributed by atoms with Crippen molar-refractivity contribution in [3.05, 3.63) is 12.2 Å². The van der Waals surface area contributed by atoms with Crippen LogP contribution in [0.1, 0.15) is 25.7 Å². The van der Waals surface area contributed by atoms with E-state index in [1.54, 1.807) is 7.11 Å². The lowest BCUT2D eigenvalue weighted by Crippen LogP contribution is -2.06. The summed E-state index contributed by atoms with van der Waals surface area (Å²) in [6.45, 7) is 8.46. The quantitative estimate of drug-likeness (QED) is 0.375. The van der Waals surface area contributed by atoms with Crippen molar-refractivity contribution >= 4 is 0 Å². The molecule has 0 amide bonds. The Kier molecular flexibility index (Phi) is 9.12. The zero-order valence-corrected chi connectivity index (χ0v) is 11.5. The van der Waals surface area contributed by atoms with Gasteiger partial charge in [-0.1, -0.05) is 6.58 Å². The predicted octanol–water partition coefficient (Wildman–Crippen LogP) is 2.18. The SMILES string of the molecule is C=C1CC1OCCCOCCCOCCCOC. The summed E-state index contributed by atoms with van der Waals surface area (Å²) >= 11 is 0. The fourth-order valence-corrected chi connectivity index (χ4v) is 1.52. The van der Waals surface area contributed by atoms with Crippen LogP contribution < -0.4 is 0 Å². The second kappa shape index (κ2) is 10.5. The smallest absolute Gasteiger partial charge is 0.0821 e. The predicted molar refractivity (Wildman–Crippen MR) is 70.9 cm³/mol. The standard InChI is InChI=1S/C14H26O4/c1-13-12-14(13)18-11-5-10-17-9-4-8-16-7-3-6-15-2/h14H,1,3-12H2,2H3. The van der Waals surface area contributed by atoms with E-state index in [4.69, 9.17) is 18.9 Å². The molecule has 0 saturated heterocycles. The molecule has 1 unspecified atom stereocenters. The van der Waals surface area contributed by atoms with E-state index in [1.165, 1.54) is 5.57 Å². The van der Waals surface area contributed by atoms with Crippen LogP contribution in [-0.2, 0) is 18.9 Å². The molecule has 1 atom stereocenters. The van der Waals surface area contributed by atoms with Gasteiger partial charge in [-0.2, -0.15) is 0 Å². The summed E-state index contributed by atoms with van der Waals surface area (Å²) in [7, 11) is 1.70. The van der Waals surface area contributed by atoms with Gasteiger partial charge in [0.25, 0.3) is 0 Å². The molecule has 0 aliphatic heterocycles. The largest absolute Gasteiger partial charge is 0.385 e. The van der Waals surface area contributed by atoms with E-state index in [1.807, 2.05) is 0 Å². The Labute approximate surface area is 110 Å². The Morgan fingerprint density at radius 3 is 1.94 bits per heavy atom. The van der Waals surface area contributed by atoms with Crippen molar-refractivity contribution in [3.8, 4) is 0 Å². The number of hydrogen-bond acceptors (Lipinski definition) is 4. The van der Waals surface area contributed by atoms with Gasteiger partial charge < -0.3 is 18.9 Å². The molecule has 0 N–H and O–H groups in total. The highest BCUT2D eigenvalue weighted by Crippen LogP contribution is 2.30. The molecule has 4 nitrogen and oxygen atoms in total. The van der Waals surface area contributed by atoms with Crippen LogP contribution in [0, 0.1) is 0 Å². The molecule has 0 aromatic rings. The topological polar surface area (TPSA) is 36.9 Å². The fourth-order valence-electron chi connectivity index (χ4n) is 1.52. The van der Waals surface area contributed by atoms with Crippen LogP contribution in [0.2, 0.25) is 0 Å². The summed E-state index contributed by atoms with van der Waals surface area (Å²) in [6.07, 6.45) is 4.25. The van der Waals surface area contributed by atoms with Crippen LogP contribution in [-0.4, -0.2) is 52.9 Å². The van der Waals surface area contributed by atoms with E-state index >= 15 is 0 Å². The Balaban J connectivity index is 1.64. The molecule has 1 fully saturated rings. The van der Waals surface area contributed by atoms with Crippen LogP contribution >= 0.6 is 0 Å². The summed E-state index contributed by atoms with van der Waals surface area (Å²) in [5, 5.41) is 0. The third-order valence-electron chi connectivity index (χ3n) is 2.71. The van der Waals surface area contributed by atoms with Gasteiger partial charge in [-0.05, 0) is 24.8 Å². The number of methoxy groups -OCH3 is 1. The maximum atomic E-state index is 5.53. The average Bonchev–Trinajstić information content (AvgIpc) is 3.07. The van der Waals surface area contributed by atoms with Crippen LogP contribution in [0.25, 0.3) is 0 Å². The van der Waals surface area contributed by atoms with Gasteiger partial charge in [-0.3, -0.25) is 0 Å². The molecule has 18 heavy (non-hydrogen) atoms. The van der Waals surface area contributed by atoms with E-state index in [2.05, 4.69) is 6.58 Å². The van der Waals surface area contributed by atoms with Crippen molar-refractivity contribution in [2.45, 2.75) is 31.8 Å². The third kappa shape index (κ3) is 8.64. The van der Waals surface area contributed by atoms with E-state index in [0.717, 1.165) is 65.3 Å². The van der Waals surface area contributed by atoms with Gasteiger partial charge in [0, 0.05) is 53.2 Å². The van der Waals surface area contributed by atoms with E-state index in [0.29, 0.717) is 6.10 Å². The molecule has 4 heteroatoms. The summed E-state index contributed by atoms with van der Waals surface area (Å²) < 4.78 is 21.4. The molecule has 0 aromatic carbocycles. The van der Waals surface area contributed by atoms with Crippen molar-refractivity contribution in [1.82, 2.24) is 0 Å². The Hall–Kier alpha value is -0.420. The second-order valence-corrected chi connectivity index (χ2v) is 4.50. The number of rotatable bonds is 13. The summed E-state index contributed by atoms with van der Waals surface area (Å²) in [6, 6.07) is 0. The Morgan fingerprint density at radius 2 is 1.44 bits per heavy atom. The molecular weight excluding hydrogens is 232 g/mol. The van der Waals surface area contributed by atoms with Gasteiger partial charge in [0.15, 0.2) is 0 Å². The van der Waals surface area contributed by atoms with Gasteiger partial charge >= 0.3 is 0 Å². The summed E-state index contributed by atoms with van der Waals surface area (Å²) in [5.41, 5.74) is 1.22. The van der Waals surface area contributed by atoms with Crippen molar-refractivity contribution in [3.63, 3.8) is 0 Å². The highest BCUT2D eigenvalue weighted by Gasteiger charge is 2.27. The molecule has 1 saturated carbocycles. The average molecular weight is 258 g/mol. The van der Waals surface area contributed by atoms with Crippen LogP contribution in [0.4, 0.5) is 0 Å². The van der Waals surface area contributed by atoms with Gasteiger partial charge in [0.1, 0.15) is 0 Å². The van der Waals surface area contributed by atoms with Crippen LogP contribution in [0.3, 0.4) is 0 Å². The molecule has 1 aliphatic rings. The molecular formula is C14H26O4. The molecule has 0 bridgehead atoms. The summed E-state index contributed by atoms with van der Waals surface area (Å²) in [4.78, 5) is 0. The molecule has 1 rings (SSSR count). The van der Waals surface area contributed by atoms with Crippen molar-refractivity contribution in [1.29, 1.82) is 0 Å². The minimum Gasteiger partial charge on any atom is -0.385 e. The van der Waals surface area contributed by atoms with Crippen LogP contribution in [0.15, 0.2) is 12.2 Å². The van der Waals surface area contributed by atoms with Crippen molar-refractivity contribution in [2.75, 3.05) is 46.8 Å². The highest BCUT2D eigenvalue weighted by molar-refractivity contribution is 5.21. The summed E-state index contributed by atoms with van der Waals surface area (Å²) in [5.74, 6) is 0. The number of ether oxygens (including phenoxy) is 4. The number of hydrogen-bond donors (Lipinski definition) is 0. The molecule has 0 radical (unpaired) electrons. The van der Waals surface area contributed by atoms with E-state index in [-0.39, 0.29) is 0 Å². The fraction of sp³-hybridized carbons (Fsp3) is 0.857. The minimum absolute atomic E-state index is 0.338. The van der Waals surface area contributed by atoms with Gasteiger partial charge in [0.05, 0.1) is 6.10 Å². The molecule has 0 spiro atoms. The molecule has 106 valence electrons. The maximum absolute atomic E-state index is 5.53. The normalized spacial score (nSPS) is 18.3. The first-order valence-electron chi connectivity index (χ1n) is 6.78. The maximum Gasteiger partial charge on any atom is 0.0821 e. The van der Waals surface area contributed by atoms with Gasteiger partial charge in [-0.25, -0.2) is 0 Å².